The highest BCUT2D eigenvalue weighted by Crippen LogP contribution is 2.26. The first-order valence-corrected chi connectivity index (χ1v) is 7.68. The van der Waals surface area contributed by atoms with Gasteiger partial charge in [-0.2, -0.15) is 0 Å². The number of nitrogens with one attached hydrogen (secondary N) is 1. The molecule has 0 radical (unpaired) electrons. The van der Waals surface area contributed by atoms with Crippen LogP contribution in [0.25, 0.3) is 11.3 Å². The molecule has 0 aliphatic carbocycles. The van der Waals surface area contributed by atoms with Crippen LogP contribution in [0.5, 0.6) is 0 Å². The molecule has 0 fully saturated rings. The third-order valence-corrected chi connectivity index (χ3v) is 3.94. The van der Waals surface area contributed by atoms with Crippen molar-refractivity contribution in [2.45, 2.75) is 0 Å². The Morgan fingerprint density at radius 3 is 2.62 bits per heavy atom. The van der Waals surface area contributed by atoms with Crippen LogP contribution >= 0.6 is 11.3 Å². The zero-order valence-corrected chi connectivity index (χ0v) is 12.9. The molecule has 6 nitrogen and oxygen atoms in total. The molecule has 1 heterocycles. The topological polar surface area (TPSA) is 85.1 Å². The van der Waals surface area contributed by atoms with Gasteiger partial charge in [0, 0.05) is 28.6 Å². The summed E-state index contributed by atoms with van der Waals surface area (Å²) in [5, 5.41) is 15.3. The van der Waals surface area contributed by atoms with Crippen molar-refractivity contribution in [3.8, 4) is 11.3 Å². The predicted molar refractivity (Wildman–Crippen MR) is 88.6 cm³/mol. The molecule has 1 aromatic heterocycles. The maximum absolute atomic E-state index is 13.1. The highest BCUT2D eigenvalue weighted by molar-refractivity contribution is 7.14. The van der Waals surface area contributed by atoms with Crippen molar-refractivity contribution in [2.24, 2.45) is 0 Å². The van der Waals surface area contributed by atoms with Crippen molar-refractivity contribution in [3.63, 3.8) is 0 Å². The number of carbonyl (C=O) groups is 1. The molecule has 0 saturated carbocycles. The molecule has 0 aliphatic rings. The lowest BCUT2D eigenvalue weighted by atomic mass is 10.1. The summed E-state index contributed by atoms with van der Waals surface area (Å²) >= 11 is 1.21. The number of nitro benzene ring substituents is 1. The van der Waals surface area contributed by atoms with Crippen molar-refractivity contribution in [1.29, 1.82) is 0 Å². The number of amides is 1. The molecule has 3 rings (SSSR count). The average molecular weight is 343 g/mol. The van der Waals surface area contributed by atoms with Crippen LogP contribution in [0.15, 0.2) is 53.9 Å². The van der Waals surface area contributed by atoms with Crippen LogP contribution in [0, 0.1) is 15.9 Å². The summed E-state index contributed by atoms with van der Waals surface area (Å²) < 4.78 is 13.1. The van der Waals surface area contributed by atoms with Gasteiger partial charge >= 0.3 is 0 Å². The Morgan fingerprint density at radius 1 is 1.21 bits per heavy atom. The number of aromatic nitrogens is 1. The van der Waals surface area contributed by atoms with Crippen LogP contribution in [-0.2, 0) is 0 Å². The van der Waals surface area contributed by atoms with Crippen LogP contribution in [0.1, 0.15) is 10.4 Å². The molecule has 1 amide bonds. The van der Waals surface area contributed by atoms with Gasteiger partial charge in [-0.3, -0.25) is 20.2 Å². The fraction of sp³-hybridized carbons (Fsp3) is 0. The van der Waals surface area contributed by atoms with Gasteiger partial charge in [0.15, 0.2) is 5.13 Å². The van der Waals surface area contributed by atoms with Crippen LogP contribution < -0.4 is 5.32 Å². The van der Waals surface area contributed by atoms with Crippen molar-refractivity contribution in [1.82, 2.24) is 4.98 Å². The largest absolute Gasteiger partial charge is 0.298 e. The number of carbonyl (C=O) groups excluding carboxylic acids is 1. The number of anilines is 1. The second-order valence-electron chi connectivity index (χ2n) is 4.81. The van der Waals surface area contributed by atoms with Gasteiger partial charge in [-0.25, -0.2) is 9.37 Å². The predicted octanol–water partition coefficient (Wildman–Crippen LogP) is 4.11. The second kappa shape index (κ2) is 6.55. The maximum Gasteiger partial charge on any atom is 0.269 e. The summed E-state index contributed by atoms with van der Waals surface area (Å²) in [5.74, 6) is -0.951. The Bertz CT molecular complexity index is 909. The van der Waals surface area contributed by atoms with E-state index in [0.717, 1.165) is 6.07 Å². The molecule has 0 aliphatic heterocycles. The van der Waals surface area contributed by atoms with Crippen molar-refractivity contribution < 1.29 is 14.1 Å². The quantitative estimate of drug-likeness (QED) is 0.570. The van der Waals surface area contributed by atoms with E-state index in [0.29, 0.717) is 16.4 Å². The van der Waals surface area contributed by atoms with E-state index in [1.807, 2.05) is 0 Å². The zero-order chi connectivity index (χ0) is 17.1. The minimum Gasteiger partial charge on any atom is -0.298 e. The Morgan fingerprint density at radius 2 is 1.96 bits per heavy atom. The SMILES string of the molecule is O=C(Nc1nc(-c2ccc([N+](=O)[O-])cc2)cs1)c1cccc(F)c1. The van der Waals surface area contributed by atoms with Crippen molar-refractivity contribution in [3.05, 3.63) is 75.4 Å². The molecule has 3 aromatic rings. The number of halogens is 1. The third-order valence-electron chi connectivity index (χ3n) is 3.19. The third kappa shape index (κ3) is 3.44. The molecule has 24 heavy (non-hydrogen) atoms. The van der Waals surface area contributed by atoms with Gasteiger partial charge in [0.2, 0.25) is 0 Å². The van der Waals surface area contributed by atoms with Crippen LogP contribution in [-0.4, -0.2) is 15.8 Å². The number of rotatable bonds is 4. The van der Waals surface area contributed by atoms with Crippen molar-refractivity contribution in [2.75, 3.05) is 5.32 Å². The summed E-state index contributed by atoms with van der Waals surface area (Å²) in [6.45, 7) is 0. The highest BCUT2D eigenvalue weighted by Gasteiger charge is 2.11. The van der Waals surface area contributed by atoms with Gasteiger partial charge in [0.25, 0.3) is 11.6 Å². The molecule has 0 atom stereocenters. The normalized spacial score (nSPS) is 10.4. The van der Waals surface area contributed by atoms with Crippen LogP contribution in [0.4, 0.5) is 15.2 Å². The van der Waals surface area contributed by atoms with Crippen LogP contribution in [0.2, 0.25) is 0 Å². The zero-order valence-electron chi connectivity index (χ0n) is 12.1. The fourth-order valence-corrected chi connectivity index (χ4v) is 2.73. The molecule has 0 saturated heterocycles. The van der Waals surface area contributed by atoms with Gasteiger partial charge in [0.05, 0.1) is 10.6 Å². The number of non-ortho nitro benzene ring substituents is 1. The number of hydrogen-bond donors (Lipinski definition) is 1. The Kier molecular flexibility index (Phi) is 4.30. The lowest BCUT2D eigenvalue weighted by Crippen LogP contribution is -2.11. The standard InChI is InChI=1S/C16H10FN3O3S/c17-12-3-1-2-11(8-12)15(21)19-16-18-14(9-24-16)10-4-6-13(7-5-10)20(22)23/h1-9H,(H,18,19,21). The molecule has 8 heteroatoms. The van der Waals surface area contributed by atoms with Crippen molar-refractivity contribution >= 4 is 28.1 Å². The number of nitro groups is 1. The van der Waals surface area contributed by atoms with E-state index >= 15 is 0 Å². The first-order chi connectivity index (χ1) is 11.5. The molecular weight excluding hydrogens is 333 g/mol. The van der Waals surface area contributed by atoms with Gasteiger partial charge in [0.1, 0.15) is 5.82 Å². The Labute approximate surface area is 139 Å². The van der Waals surface area contributed by atoms with E-state index in [2.05, 4.69) is 10.3 Å². The minimum absolute atomic E-state index is 0.00592. The molecule has 120 valence electrons. The van der Waals surface area contributed by atoms with E-state index in [1.54, 1.807) is 17.5 Å². The lowest BCUT2D eigenvalue weighted by molar-refractivity contribution is -0.384. The highest BCUT2D eigenvalue weighted by atomic mass is 32.1. The number of nitrogens with zero attached hydrogens (tertiary/aromatic N) is 2. The van der Waals surface area contributed by atoms with E-state index in [-0.39, 0.29) is 11.3 Å². The average Bonchev–Trinajstić information content (AvgIpc) is 3.03. The van der Waals surface area contributed by atoms with Gasteiger partial charge < -0.3 is 0 Å². The maximum atomic E-state index is 13.1. The minimum atomic E-state index is -0.492. The number of benzene rings is 2. The van der Waals surface area contributed by atoms with Gasteiger partial charge in [-0.05, 0) is 30.3 Å². The first-order valence-electron chi connectivity index (χ1n) is 6.80. The molecule has 0 unspecified atom stereocenters. The van der Waals surface area contributed by atoms with Gasteiger partial charge in [-0.1, -0.05) is 6.07 Å². The number of thiazole rings is 1. The molecule has 2 aromatic carbocycles. The smallest absolute Gasteiger partial charge is 0.269 e. The summed E-state index contributed by atoms with van der Waals surface area (Å²) in [6, 6.07) is 11.3. The lowest BCUT2D eigenvalue weighted by Gasteiger charge is -2.01. The van der Waals surface area contributed by atoms with Gasteiger partial charge in [-0.15, -0.1) is 11.3 Å². The number of hydrogen-bond acceptors (Lipinski definition) is 5. The molecular formula is C16H10FN3O3S. The van der Waals surface area contributed by atoms with E-state index in [4.69, 9.17) is 0 Å². The second-order valence-corrected chi connectivity index (χ2v) is 5.66. The van der Waals surface area contributed by atoms with E-state index in [1.165, 1.54) is 41.7 Å². The Balaban J connectivity index is 1.75. The monoisotopic (exact) mass is 343 g/mol. The molecule has 0 bridgehead atoms. The fourth-order valence-electron chi connectivity index (χ4n) is 2.02. The van der Waals surface area contributed by atoms with Crippen LogP contribution in [0.3, 0.4) is 0 Å². The van der Waals surface area contributed by atoms with E-state index < -0.39 is 16.6 Å². The summed E-state index contributed by atoms with van der Waals surface area (Å²) in [4.78, 5) is 26.5. The molecule has 1 N–H and O–H groups in total. The Hall–Kier alpha value is -3.13. The summed E-state index contributed by atoms with van der Waals surface area (Å²) in [7, 11) is 0. The summed E-state index contributed by atoms with van der Waals surface area (Å²) in [5.41, 5.74) is 1.48. The van der Waals surface area contributed by atoms with E-state index in [9.17, 15) is 19.3 Å². The molecule has 0 spiro atoms. The first kappa shape index (κ1) is 15.8. The summed E-state index contributed by atoms with van der Waals surface area (Å²) in [6.07, 6.45) is 0.